The molecule has 0 fully saturated rings. The smallest absolute Gasteiger partial charge is 0.223 e. The Morgan fingerprint density at radius 3 is 3.00 bits per heavy atom. The molecule has 0 unspecified atom stereocenters. The third-order valence-electron chi connectivity index (χ3n) is 2.74. The van der Waals surface area contributed by atoms with E-state index in [1.165, 1.54) is 5.56 Å². The van der Waals surface area contributed by atoms with Crippen molar-refractivity contribution in [3.63, 3.8) is 0 Å². The Bertz CT molecular complexity index is 705. The first-order valence-corrected chi connectivity index (χ1v) is 6.84. The molecule has 3 rings (SSSR count). The predicted octanol–water partition coefficient (Wildman–Crippen LogP) is 2.35. The van der Waals surface area contributed by atoms with Crippen LogP contribution in [0.1, 0.15) is 17.3 Å². The van der Waals surface area contributed by atoms with Crippen molar-refractivity contribution in [2.75, 3.05) is 11.9 Å². The maximum atomic E-state index is 4.93. The summed E-state index contributed by atoms with van der Waals surface area (Å²) in [5.74, 6) is 2.16. The summed E-state index contributed by atoms with van der Waals surface area (Å²) in [6, 6.07) is 0. The van der Waals surface area contributed by atoms with Crippen molar-refractivity contribution in [1.29, 1.82) is 0 Å². The molecule has 0 aliphatic heterocycles. The van der Waals surface area contributed by atoms with Crippen molar-refractivity contribution >= 4 is 27.4 Å². The van der Waals surface area contributed by atoms with Crippen LogP contribution in [0.15, 0.2) is 16.2 Å². The van der Waals surface area contributed by atoms with Crippen molar-refractivity contribution in [2.45, 2.75) is 20.3 Å². The molecule has 0 aliphatic rings. The van der Waals surface area contributed by atoms with Crippen LogP contribution in [0.2, 0.25) is 0 Å². The summed E-state index contributed by atoms with van der Waals surface area (Å²) in [4.78, 5) is 12.7. The third-order valence-corrected chi connectivity index (χ3v) is 3.84. The van der Waals surface area contributed by atoms with E-state index in [1.807, 2.05) is 0 Å². The summed E-state index contributed by atoms with van der Waals surface area (Å²) < 4.78 is 6.02. The Balaban J connectivity index is 1.71. The summed E-state index contributed by atoms with van der Waals surface area (Å²) in [6.45, 7) is 4.55. The molecule has 0 spiro atoms. The minimum absolute atomic E-state index is 0.591. The van der Waals surface area contributed by atoms with Crippen LogP contribution in [0.3, 0.4) is 0 Å². The standard InChI is InChI=1S/C12H13N5OS/c1-7-5-19-11-10(7)14-6-15-12(11)13-4-3-9-16-8(2)18-17-9/h5-6H,3-4H2,1-2H3,(H,13,14,15). The highest BCUT2D eigenvalue weighted by atomic mass is 32.1. The Morgan fingerprint density at radius 2 is 2.21 bits per heavy atom. The van der Waals surface area contributed by atoms with Crippen LogP contribution in [-0.4, -0.2) is 26.7 Å². The molecule has 0 amide bonds. The minimum Gasteiger partial charge on any atom is -0.368 e. The van der Waals surface area contributed by atoms with Gasteiger partial charge < -0.3 is 9.84 Å². The van der Waals surface area contributed by atoms with Gasteiger partial charge in [-0.1, -0.05) is 5.16 Å². The molecule has 0 atom stereocenters. The number of aryl methyl sites for hydroxylation is 2. The van der Waals surface area contributed by atoms with Crippen molar-refractivity contribution in [3.05, 3.63) is 29.0 Å². The molecular weight excluding hydrogens is 262 g/mol. The lowest BCUT2D eigenvalue weighted by molar-refractivity contribution is 0.387. The van der Waals surface area contributed by atoms with E-state index in [9.17, 15) is 0 Å². The van der Waals surface area contributed by atoms with Crippen LogP contribution in [-0.2, 0) is 6.42 Å². The molecular formula is C12H13N5OS. The van der Waals surface area contributed by atoms with Gasteiger partial charge in [0.25, 0.3) is 0 Å². The molecule has 0 aliphatic carbocycles. The zero-order valence-electron chi connectivity index (χ0n) is 10.7. The molecule has 6 nitrogen and oxygen atoms in total. The molecule has 3 heterocycles. The van der Waals surface area contributed by atoms with Crippen molar-refractivity contribution in [2.24, 2.45) is 0 Å². The number of nitrogens with zero attached hydrogens (tertiary/aromatic N) is 4. The number of rotatable bonds is 4. The zero-order chi connectivity index (χ0) is 13.2. The number of hydrogen-bond acceptors (Lipinski definition) is 7. The van der Waals surface area contributed by atoms with Gasteiger partial charge in [-0.15, -0.1) is 11.3 Å². The van der Waals surface area contributed by atoms with Crippen LogP contribution >= 0.6 is 11.3 Å². The van der Waals surface area contributed by atoms with E-state index in [0.29, 0.717) is 24.7 Å². The monoisotopic (exact) mass is 275 g/mol. The summed E-state index contributed by atoms with van der Waals surface area (Å²) in [5.41, 5.74) is 2.19. The summed E-state index contributed by atoms with van der Waals surface area (Å²) in [7, 11) is 0. The van der Waals surface area contributed by atoms with Crippen LogP contribution in [0.25, 0.3) is 10.2 Å². The SMILES string of the molecule is Cc1nc(CCNc2ncnc3c(C)csc23)no1. The second kappa shape index (κ2) is 4.93. The van der Waals surface area contributed by atoms with E-state index >= 15 is 0 Å². The molecule has 1 N–H and O–H groups in total. The normalized spacial score (nSPS) is 11.1. The highest BCUT2D eigenvalue weighted by Gasteiger charge is 2.08. The third kappa shape index (κ3) is 2.41. The fraction of sp³-hybridized carbons (Fsp3) is 0.333. The number of aromatic nitrogens is 4. The number of fused-ring (bicyclic) bond motifs is 1. The summed E-state index contributed by atoms with van der Waals surface area (Å²) in [5, 5.41) is 9.24. The largest absolute Gasteiger partial charge is 0.368 e. The summed E-state index contributed by atoms with van der Waals surface area (Å²) in [6.07, 6.45) is 2.29. The number of thiophene rings is 1. The van der Waals surface area contributed by atoms with E-state index in [0.717, 1.165) is 16.0 Å². The molecule has 0 bridgehead atoms. The second-order valence-corrected chi connectivity index (χ2v) is 5.10. The van der Waals surface area contributed by atoms with E-state index < -0.39 is 0 Å². The molecule has 98 valence electrons. The van der Waals surface area contributed by atoms with Crippen molar-refractivity contribution < 1.29 is 4.52 Å². The van der Waals surface area contributed by atoms with Crippen LogP contribution in [0, 0.1) is 13.8 Å². The average Bonchev–Trinajstić information content (AvgIpc) is 2.98. The van der Waals surface area contributed by atoms with Crippen molar-refractivity contribution in [1.82, 2.24) is 20.1 Å². The lowest BCUT2D eigenvalue weighted by Crippen LogP contribution is -2.07. The molecule has 0 saturated carbocycles. The first-order chi connectivity index (χ1) is 9.24. The molecule has 0 aromatic carbocycles. The van der Waals surface area contributed by atoms with Crippen LogP contribution < -0.4 is 5.32 Å². The van der Waals surface area contributed by atoms with E-state index in [1.54, 1.807) is 24.6 Å². The topological polar surface area (TPSA) is 76.7 Å². The van der Waals surface area contributed by atoms with Gasteiger partial charge in [-0.05, 0) is 17.9 Å². The molecule has 0 saturated heterocycles. The first-order valence-electron chi connectivity index (χ1n) is 5.96. The zero-order valence-corrected chi connectivity index (χ0v) is 11.5. The number of nitrogens with one attached hydrogen (secondary N) is 1. The first kappa shape index (κ1) is 12.0. The molecule has 3 aromatic rings. The highest BCUT2D eigenvalue weighted by Crippen LogP contribution is 2.28. The van der Waals surface area contributed by atoms with Crippen LogP contribution in [0.5, 0.6) is 0 Å². The highest BCUT2D eigenvalue weighted by molar-refractivity contribution is 7.18. The predicted molar refractivity (Wildman–Crippen MR) is 73.4 cm³/mol. The van der Waals surface area contributed by atoms with Gasteiger partial charge in [0.1, 0.15) is 12.1 Å². The van der Waals surface area contributed by atoms with E-state index in [2.05, 4.69) is 37.7 Å². The fourth-order valence-corrected chi connectivity index (χ4v) is 2.80. The number of anilines is 1. The average molecular weight is 275 g/mol. The lowest BCUT2D eigenvalue weighted by atomic mass is 10.3. The Morgan fingerprint density at radius 1 is 1.32 bits per heavy atom. The quantitative estimate of drug-likeness (QED) is 0.787. The fourth-order valence-electron chi connectivity index (χ4n) is 1.83. The van der Waals surface area contributed by atoms with Crippen LogP contribution in [0.4, 0.5) is 5.82 Å². The van der Waals surface area contributed by atoms with Gasteiger partial charge in [0, 0.05) is 19.9 Å². The minimum atomic E-state index is 0.591. The van der Waals surface area contributed by atoms with Gasteiger partial charge in [-0.25, -0.2) is 9.97 Å². The number of hydrogen-bond donors (Lipinski definition) is 1. The Hall–Kier alpha value is -2.02. The molecule has 0 radical (unpaired) electrons. The van der Waals surface area contributed by atoms with Gasteiger partial charge in [-0.3, -0.25) is 0 Å². The van der Waals surface area contributed by atoms with E-state index in [-0.39, 0.29) is 0 Å². The van der Waals surface area contributed by atoms with Gasteiger partial charge in [0.05, 0.1) is 10.2 Å². The molecule has 19 heavy (non-hydrogen) atoms. The maximum Gasteiger partial charge on any atom is 0.223 e. The Kier molecular flexibility index (Phi) is 3.12. The summed E-state index contributed by atoms with van der Waals surface area (Å²) >= 11 is 1.65. The molecule has 7 heteroatoms. The van der Waals surface area contributed by atoms with Gasteiger partial charge >= 0.3 is 0 Å². The van der Waals surface area contributed by atoms with Gasteiger partial charge in [-0.2, -0.15) is 4.98 Å². The lowest BCUT2D eigenvalue weighted by Gasteiger charge is -2.04. The van der Waals surface area contributed by atoms with Crippen molar-refractivity contribution in [3.8, 4) is 0 Å². The maximum absolute atomic E-state index is 4.93. The van der Waals surface area contributed by atoms with Gasteiger partial charge in [0.15, 0.2) is 5.82 Å². The second-order valence-electron chi connectivity index (χ2n) is 4.23. The van der Waals surface area contributed by atoms with Gasteiger partial charge in [0.2, 0.25) is 5.89 Å². The van der Waals surface area contributed by atoms with E-state index in [4.69, 9.17) is 4.52 Å². The molecule has 3 aromatic heterocycles. The Labute approximate surface area is 113 Å².